The third-order valence-electron chi connectivity index (χ3n) is 3.08. The van der Waals surface area contributed by atoms with E-state index in [2.05, 4.69) is 0 Å². The summed E-state index contributed by atoms with van der Waals surface area (Å²) in [6.07, 6.45) is -18.0. The van der Waals surface area contributed by atoms with Crippen LogP contribution in [0.25, 0.3) is 0 Å². The van der Waals surface area contributed by atoms with Gasteiger partial charge in [-0.05, 0) is 18.6 Å². The fraction of sp³-hybridized carbons (Fsp3) is 0.417. The Kier molecular flexibility index (Phi) is 4.39. The van der Waals surface area contributed by atoms with E-state index in [1.165, 1.54) is 0 Å². The summed E-state index contributed by atoms with van der Waals surface area (Å²) in [5.74, 6) is 0. The summed E-state index contributed by atoms with van der Waals surface area (Å²) >= 11 is 0. The topological polar surface area (TPSA) is 44.0 Å². The number of nitriles is 1. The number of halogens is 9. The molecule has 1 N–H and O–H groups in total. The molecular formula is C12H6F9NO. The molecule has 0 bridgehead atoms. The van der Waals surface area contributed by atoms with Crippen molar-refractivity contribution in [3.8, 4) is 6.07 Å². The van der Waals surface area contributed by atoms with Gasteiger partial charge in [-0.3, -0.25) is 0 Å². The van der Waals surface area contributed by atoms with Crippen molar-refractivity contribution in [3.63, 3.8) is 0 Å². The first-order valence-corrected chi connectivity index (χ1v) is 5.56. The van der Waals surface area contributed by atoms with Crippen LogP contribution in [0.4, 0.5) is 39.5 Å². The Morgan fingerprint density at radius 2 is 1.35 bits per heavy atom. The van der Waals surface area contributed by atoms with E-state index in [1.54, 1.807) is 0 Å². The van der Waals surface area contributed by atoms with E-state index >= 15 is 0 Å². The van der Waals surface area contributed by atoms with Gasteiger partial charge in [0.2, 0.25) is 0 Å². The minimum Gasteiger partial charge on any atom is -0.369 e. The summed E-state index contributed by atoms with van der Waals surface area (Å²) in [5.41, 5.74) is -12.2. The SMILES string of the molecule is Cc1c(C(O)(C(F)(F)F)C(F)(F)F)ccc(C#N)c1C(F)(F)F. The van der Waals surface area contributed by atoms with Crippen molar-refractivity contribution in [3.05, 3.63) is 34.4 Å². The smallest absolute Gasteiger partial charge is 0.369 e. The van der Waals surface area contributed by atoms with Crippen LogP contribution in [0.5, 0.6) is 0 Å². The molecule has 2 nitrogen and oxygen atoms in total. The molecule has 23 heavy (non-hydrogen) atoms. The van der Waals surface area contributed by atoms with Gasteiger partial charge in [-0.15, -0.1) is 0 Å². The van der Waals surface area contributed by atoms with E-state index in [1.807, 2.05) is 0 Å². The fourth-order valence-electron chi connectivity index (χ4n) is 2.03. The van der Waals surface area contributed by atoms with Crippen LogP contribution in [-0.2, 0) is 11.8 Å². The summed E-state index contributed by atoms with van der Waals surface area (Å²) in [6, 6.07) is 1.19. The molecule has 1 rings (SSSR count). The van der Waals surface area contributed by atoms with Crippen LogP contribution in [0, 0.1) is 18.3 Å². The van der Waals surface area contributed by atoms with Crippen molar-refractivity contribution in [2.24, 2.45) is 0 Å². The lowest BCUT2D eigenvalue weighted by Crippen LogP contribution is -2.54. The highest BCUT2D eigenvalue weighted by molar-refractivity contribution is 5.50. The van der Waals surface area contributed by atoms with Crippen molar-refractivity contribution < 1.29 is 44.6 Å². The summed E-state index contributed by atoms with van der Waals surface area (Å²) in [7, 11) is 0. The van der Waals surface area contributed by atoms with Crippen molar-refractivity contribution in [1.82, 2.24) is 0 Å². The van der Waals surface area contributed by atoms with Gasteiger partial charge in [0.15, 0.2) is 0 Å². The maximum atomic E-state index is 12.9. The zero-order chi connectivity index (χ0) is 18.4. The first-order chi connectivity index (χ1) is 10.1. The van der Waals surface area contributed by atoms with E-state index in [4.69, 9.17) is 5.26 Å². The Labute approximate surface area is 122 Å². The molecule has 0 radical (unpaired) electrons. The molecule has 0 atom stereocenters. The van der Waals surface area contributed by atoms with E-state index in [0.717, 1.165) is 6.07 Å². The molecule has 128 valence electrons. The van der Waals surface area contributed by atoms with Gasteiger partial charge in [-0.2, -0.15) is 44.8 Å². The van der Waals surface area contributed by atoms with Gasteiger partial charge in [0, 0.05) is 5.56 Å². The lowest BCUT2D eigenvalue weighted by atomic mass is 9.85. The monoisotopic (exact) mass is 351 g/mol. The maximum Gasteiger partial charge on any atom is 0.430 e. The Balaban J connectivity index is 3.91. The van der Waals surface area contributed by atoms with Gasteiger partial charge in [0.1, 0.15) is 0 Å². The molecule has 0 aliphatic heterocycles. The zero-order valence-electron chi connectivity index (χ0n) is 11.0. The predicted octanol–water partition coefficient (Wildman–Crippen LogP) is 4.20. The number of alkyl halides is 9. The van der Waals surface area contributed by atoms with Crippen LogP contribution in [0.15, 0.2) is 12.1 Å². The summed E-state index contributed by atoms with van der Waals surface area (Å²) in [6.45, 7) is 0.321. The molecule has 0 saturated carbocycles. The second-order valence-corrected chi connectivity index (χ2v) is 4.48. The summed E-state index contributed by atoms with van der Waals surface area (Å²) in [5, 5.41) is 17.8. The molecule has 11 heteroatoms. The van der Waals surface area contributed by atoms with Crippen LogP contribution in [-0.4, -0.2) is 17.5 Å². The van der Waals surface area contributed by atoms with Crippen LogP contribution < -0.4 is 0 Å². The number of rotatable bonds is 1. The van der Waals surface area contributed by atoms with Crippen molar-refractivity contribution in [1.29, 1.82) is 5.26 Å². The predicted molar refractivity (Wildman–Crippen MR) is 56.9 cm³/mol. The summed E-state index contributed by atoms with van der Waals surface area (Å²) in [4.78, 5) is 0. The first kappa shape index (κ1) is 19.1. The van der Waals surface area contributed by atoms with E-state index in [9.17, 15) is 44.6 Å². The molecule has 0 aliphatic rings. The summed E-state index contributed by atoms with van der Waals surface area (Å²) < 4.78 is 115. The minimum absolute atomic E-state index is 0.00407. The number of benzene rings is 1. The Bertz CT molecular complexity index is 635. The third-order valence-corrected chi connectivity index (χ3v) is 3.08. The molecule has 0 aliphatic carbocycles. The van der Waals surface area contributed by atoms with Crippen molar-refractivity contribution in [2.45, 2.75) is 31.1 Å². The molecule has 0 heterocycles. The van der Waals surface area contributed by atoms with E-state index in [0.29, 0.717) is 6.92 Å². The Morgan fingerprint density at radius 1 is 0.913 bits per heavy atom. The largest absolute Gasteiger partial charge is 0.430 e. The van der Waals surface area contributed by atoms with Crippen molar-refractivity contribution >= 4 is 0 Å². The quantitative estimate of drug-likeness (QED) is 0.771. The van der Waals surface area contributed by atoms with Crippen LogP contribution in [0.2, 0.25) is 0 Å². The molecular weight excluding hydrogens is 345 g/mol. The number of nitrogens with zero attached hydrogens (tertiary/aromatic N) is 1. The lowest BCUT2D eigenvalue weighted by Gasteiger charge is -2.34. The van der Waals surface area contributed by atoms with Gasteiger partial charge in [0.25, 0.3) is 5.60 Å². The van der Waals surface area contributed by atoms with Gasteiger partial charge < -0.3 is 5.11 Å². The van der Waals surface area contributed by atoms with Crippen LogP contribution in [0.1, 0.15) is 22.3 Å². The molecule has 1 aromatic rings. The van der Waals surface area contributed by atoms with Gasteiger partial charge in [-0.1, -0.05) is 6.07 Å². The number of hydrogen-bond acceptors (Lipinski definition) is 2. The standard InChI is InChI=1S/C12H6F9NO/c1-5-7(9(23,11(16,17)18)12(19,20)21)3-2-6(4-22)8(5)10(13,14)15/h2-3,23H,1H3. The Hall–Kier alpha value is -1.96. The third kappa shape index (κ3) is 2.95. The fourth-order valence-corrected chi connectivity index (χ4v) is 2.03. The number of hydrogen-bond donors (Lipinski definition) is 1. The minimum atomic E-state index is -6.33. The second-order valence-electron chi connectivity index (χ2n) is 4.48. The van der Waals surface area contributed by atoms with Gasteiger partial charge in [-0.25, -0.2) is 0 Å². The highest BCUT2D eigenvalue weighted by Crippen LogP contribution is 2.52. The molecule has 0 unspecified atom stereocenters. The average molecular weight is 351 g/mol. The second kappa shape index (κ2) is 5.30. The molecule has 0 fully saturated rings. The van der Waals surface area contributed by atoms with Crippen molar-refractivity contribution in [2.75, 3.05) is 0 Å². The highest BCUT2D eigenvalue weighted by Gasteiger charge is 2.72. The molecule has 0 aromatic heterocycles. The normalized spacial score (nSPS) is 13.8. The maximum absolute atomic E-state index is 12.9. The van der Waals surface area contributed by atoms with E-state index < -0.39 is 46.4 Å². The van der Waals surface area contributed by atoms with Crippen LogP contribution in [0.3, 0.4) is 0 Å². The zero-order valence-corrected chi connectivity index (χ0v) is 11.0. The first-order valence-electron chi connectivity index (χ1n) is 5.56. The molecule has 1 aromatic carbocycles. The van der Waals surface area contributed by atoms with Gasteiger partial charge >= 0.3 is 18.5 Å². The lowest BCUT2D eigenvalue weighted by molar-refractivity contribution is -0.376. The number of aliphatic hydroxyl groups is 1. The molecule has 0 saturated heterocycles. The highest BCUT2D eigenvalue weighted by atomic mass is 19.4. The molecule has 0 spiro atoms. The molecule has 0 amide bonds. The Morgan fingerprint density at radius 3 is 1.65 bits per heavy atom. The average Bonchev–Trinajstić information content (AvgIpc) is 2.32. The van der Waals surface area contributed by atoms with Crippen LogP contribution >= 0.6 is 0 Å². The van der Waals surface area contributed by atoms with Gasteiger partial charge in [0.05, 0.1) is 17.2 Å². The van der Waals surface area contributed by atoms with E-state index in [-0.39, 0.29) is 12.1 Å².